The third kappa shape index (κ3) is 7.81. The predicted octanol–water partition coefficient (Wildman–Crippen LogP) is 5.01. The number of rotatable bonds is 12. The second-order valence-electron chi connectivity index (χ2n) is 6.98. The highest BCUT2D eigenvalue weighted by atomic mass is 32.1. The number of amides is 2. The number of benzene rings is 1. The third-order valence-corrected chi connectivity index (χ3v) is 5.45. The van der Waals surface area contributed by atoms with Gasteiger partial charge in [0.05, 0.1) is 6.54 Å². The Morgan fingerprint density at radius 3 is 2.45 bits per heavy atom. The molecule has 29 heavy (non-hydrogen) atoms. The van der Waals surface area contributed by atoms with Crippen molar-refractivity contribution in [3.63, 3.8) is 0 Å². The number of hydrogen-bond donors (Lipinski definition) is 0. The van der Waals surface area contributed by atoms with Gasteiger partial charge in [-0.2, -0.15) is 0 Å². The molecule has 0 aliphatic heterocycles. The van der Waals surface area contributed by atoms with Gasteiger partial charge in [0.25, 0.3) is 0 Å². The lowest BCUT2D eigenvalue weighted by atomic mass is 10.2. The molecular weight excluding hydrogens is 387 g/mol. The number of unbranched alkanes of at least 4 members (excludes halogenated alkanes) is 2. The van der Waals surface area contributed by atoms with Gasteiger partial charge in [0.1, 0.15) is 12.4 Å². The first kappa shape index (κ1) is 22.8. The van der Waals surface area contributed by atoms with Gasteiger partial charge in [-0.3, -0.25) is 9.59 Å². The van der Waals surface area contributed by atoms with Gasteiger partial charge in [-0.1, -0.05) is 44.0 Å². The van der Waals surface area contributed by atoms with Crippen molar-refractivity contribution in [2.75, 3.05) is 13.1 Å². The third-order valence-electron chi connectivity index (χ3n) is 4.59. The van der Waals surface area contributed by atoms with Crippen molar-refractivity contribution in [2.24, 2.45) is 0 Å². The minimum absolute atomic E-state index is 0.0174. The Morgan fingerprint density at radius 2 is 1.83 bits per heavy atom. The smallest absolute Gasteiger partial charge is 0.242 e. The summed E-state index contributed by atoms with van der Waals surface area (Å²) in [6.45, 7) is 6.99. The maximum Gasteiger partial charge on any atom is 0.242 e. The van der Waals surface area contributed by atoms with E-state index in [-0.39, 0.29) is 24.2 Å². The van der Waals surface area contributed by atoms with Crippen molar-refractivity contribution < 1.29 is 14.0 Å². The van der Waals surface area contributed by atoms with Crippen molar-refractivity contribution >= 4 is 23.2 Å². The van der Waals surface area contributed by atoms with Crippen molar-refractivity contribution in [1.29, 1.82) is 0 Å². The van der Waals surface area contributed by atoms with E-state index in [9.17, 15) is 14.0 Å². The number of nitrogens with zero attached hydrogens (tertiary/aromatic N) is 2. The Hall–Kier alpha value is -2.47. The van der Waals surface area contributed by atoms with E-state index >= 15 is 0 Å². The maximum atomic E-state index is 13.2. The monoisotopic (exact) mass is 416 g/mol. The van der Waals surface area contributed by atoms with E-state index in [0.717, 1.165) is 29.7 Å². The van der Waals surface area contributed by atoms with Crippen LogP contribution in [0.5, 0.6) is 0 Å². The number of carbonyl (C=O) groups excluding carboxylic acids is 2. The van der Waals surface area contributed by atoms with E-state index in [1.54, 1.807) is 39.3 Å². The van der Waals surface area contributed by atoms with Gasteiger partial charge in [0.2, 0.25) is 11.8 Å². The van der Waals surface area contributed by atoms with E-state index in [2.05, 4.69) is 13.5 Å². The van der Waals surface area contributed by atoms with Gasteiger partial charge < -0.3 is 9.80 Å². The fourth-order valence-corrected chi connectivity index (χ4v) is 3.71. The second kappa shape index (κ2) is 12.2. The van der Waals surface area contributed by atoms with Crippen LogP contribution in [0.3, 0.4) is 0 Å². The van der Waals surface area contributed by atoms with Gasteiger partial charge in [0, 0.05) is 24.4 Å². The lowest BCUT2D eigenvalue weighted by Crippen LogP contribution is -2.42. The molecule has 0 N–H and O–H groups in total. The van der Waals surface area contributed by atoms with Gasteiger partial charge in [-0.05, 0) is 35.6 Å². The Morgan fingerprint density at radius 1 is 1.07 bits per heavy atom. The lowest BCUT2D eigenvalue weighted by molar-refractivity contribution is -0.140. The molecule has 0 saturated carbocycles. The van der Waals surface area contributed by atoms with Crippen LogP contribution in [0.4, 0.5) is 4.39 Å². The minimum Gasteiger partial charge on any atom is -0.332 e. The summed E-state index contributed by atoms with van der Waals surface area (Å²) in [6.07, 6.45) is 4.95. The molecule has 0 spiro atoms. The summed E-state index contributed by atoms with van der Waals surface area (Å²) in [5, 5.41) is 1.97. The molecule has 0 unspecified atom stereocenters. The standard InChI is InChI=1S/C23H29FN2O2S/c1-3-5-6-9-22(27)25(14-4-2)18-23(28)26(17-21-8-7-15-29-21)16-19-10-12-20(24)13-11-19/h4,7-8,10-13,15H,2-3,5-6,9,14,16-18H2,1H3. The summed E-state index contributed by atoms with van der Waals surface area (Å²) in [5.41, 5.74) is 0.848. The fourth-order valence-electron chi connectivity index (χ4n) is 2.99. The largest absolute Gasteiger partial charge is 0.332 e. The Kier molecular flexibility index (Phi) is 9.57. The van der Waals surface area contributed by atoms with Crippen LogP contribution in [-0.2, 0) is 22.7 Å². The molecule has 6 heteroatoms. The summed E-state index contributed by atoms with van der Waals surface area (Å²) < 4.78 is 13.2. The van der Waals surface area contributed by atoms with Crippen molar-refractivity contribution in [1.82, 2.24) is 9.80 Å². The molecule has 0 atom stereocenters. The zero-order valence-corrected chi connectivity index (χ0v) is 17.8. The molecule has 2 amide bonds. The number of thiophene rings is 1. The summed E-state index contributed by atoms with van der Waals surface area (Å²) in [6, 6.07) is 10.1. The van der Waals surface area contributed by atoms with Crippen LogP contribution in [0.1, 0.15) is 43.0 Å². The van der Waals surface area contributed by atoms with Crippen LogP contribution < -0.4 is 0 Å². The Labute approximate surface area is 176 Å². The minimum atomic E-state index is -0.306. The van der Waals surface area contributed by atoms with Gasteiger partial charge >= 0.3 is 0 Å². The molecule has 0 saturated heterocycles. The second-order valence-corrected chi connectivity index (χ2v) is 8.01. The average Bonchev–Trinajstić information content (AvgIpc) is 3.22. The molecule has 1 aromatic heterocycles. The number of carbonyl (C=O) groups is 2. The van der Waals surface area contributed by atoms with Crippen LogP contribution in [-0.4, -0.2) is 34.7 Å². The maximum absolute atomic E-state index is 13.2. The Balaban J connectivity index is 2.09. The highest BCUT2D eigenvalue weighted by Gasteiger charge is 2.21. The zero-order chi connectivity index (χ0) is 21.1. The average molecular weight is 417 g/mol. The highest BCUT2D eigenvalue weighted by Crippen LogP contribution is 2.16. The summed E-state index contributed by atoms with van der Waals surface area (Å²) in [4.78, 5) is 30.0. The molecule has 156 valence electrons. The van der Waals surface area contributed by atoms with E-state index in [4.69, 9.17) is 0 Å². The molecule has 0 radical (unpaired) electrons. The fraction of sp³-hybridized carbons (Fsp3) is 0.391. The molecular formula is C23H29FN2O2S. The molecule has 1 heterocycles. The summed E-state index contributed by atoms with van der Waals surface area (Å²) in [7, 11) is 0. The Bertz CT molecular complexity index is 775. The quantitative estimate of drug-likeness (QED) is 0.360. The molecule has 2 rings (SSSR count). The highest BCUT2D eigenvalue weighted by molar-refractivity contribution is 7.09. The van der Waals surface area contributed by atoms with Crippen LogP contribution in [0, 0.1) is 5.82 Å². The van der Waals surface area contributed by atoms with Gasteiger partial charge in [-0.25, -0.2) is 4.39 Å². The molecule has 2 aromatic rings. The summed E-state index contributed by atoms with van der Waals surface area (Å²) >= 11 is 1.58. The zero-order valence-electron chi connectivity index (χ0n) is 17.0. The molecule has 0 bridgehead atoms. The molecule has 1 aromatic carbocycles. The lowest BCUT2D eigenvalue weighted by Gasteiger charge is -2.27. The van der Waals surface area contributed by atoms with Crippen LogP contribution >= 0.6 is 11.3 Å². The van der Waals surface area contributed by atoms with E-state index in [1.807, 2.05) is 17.5 Å². The van der Waals surface area contributed by atoms with Crippen LogP contribution in [0.2, 0.25) is 0 Å². The van der Waals surface area contributed by atoms with Crippen molar-refractivity contribution in [3.05, 3.63) is 70.7 Å². The van der Waals surface area contributed by atoms with E-state index < -0.39 is 0 Å². The molecule has 0 aliphatic carbocycles. The van der Waals surface area contributed by atoms with Crippen LogP contribution in [0.25, 0.3) is 0 Å². The predicted molar refractivity (Wildman–Crippen MR) is 116 cm³/mol. The van der Waals surface area contributed by atoms with Gasteiger partial charge in [-0.15, -0.1) is 17.9 Å². The normalized spacial score (nSPS) is 10.6. The number of hydrogen-bond acceptors (Lipinski definition) is 3. The van der Waals surface area contributed by atoms with Gasteiger partial charge in [0.15, 0.2) is 0 Å². The topological polar surface area (TPSA) is 40.6 Å². The number of halogens is 1. The van der Waals surface area contributed by atoms with Crippen molar-refractivity contribution in [2.45, 2.75) is 45.7 Å². The van der Waals surface area contributed by atoms with E-state index in [1.165, 1.54) is 12.1 Å². The molecule has 4 nitrogen and oxygen atoms in total. The molecule has 0 fully saturated rings. The molecule has 0 aliphatic rings. The van der Waals surface area contributed by atoms with E-state index in [0.29, 0.717) is 26.1 Å². The van der Waals surface area contributed by atoms with Crippen LogP contribution in [0.15, 0.2) is 54.4 Å². The SMILES string of the molecule is C=CCN(CC(=O)N(Cc1ccc(F)cc1)Cc1cccs1)C(=O)CCCCC. The van der Waals surface area contributed by atoms with Crippen molar-refractivity contribution in [3.8, 4) is 0 Å². The summed E-state index contributed by atoms with van der Waals surface area (Å²) in [5.74, 6) is -0.460. The first-order valence-corrected chi connectivity index (χ1v) is 10.8. The first-order chi connectivity index (χ1) is 14.0. The first-order valence-electron chi connectivity index (χ1n) is 9.96.